The molecule has 1 amide bonds. The molecule has 7 nitrogen and oxygen atoms in total. The Morgan fingerprint density at radius 1 is 1.16 bits per heavy atom. The molecule has 0 fully saturated rings. The monoisotopic (exact) mass is 453 g/mol. The highest BCUT2D eigenvalue weighted by Gasteiger charge is 2.24. The van der Waals surface area contributed by atoms with Crippen LogP contribution in [0.4, 0.5) is 4.79 Å². The van der Waals surface area contributed by atoms with E-state index >= 15 is 0 Å². The number of halogens is 1. The van der Waals surface area contributed by atoms with Crippen molar-refractivity contribution < 1.29 is 9.53 Å². The van der Waals surface area contributed by atoms with Gasteiger partial charge in [-0.15, -0.1) is 0 Å². The number of carbonyl (C=O) groups is 1. The zero-order chi connectivity index (χ0) is 22.2. The molecule has 168 valence electrons. The Balaban J connectivity index is 1.24. The molecule has 0 bridgehead atoms. The summed E-state index contributed by atoms with van der Waals surface area (Å²) in [7, 11) is 0. The highest BCUT2D eigenvalue weighted by atomic mass is 35.5. The minimum absolute atomic E-state index is 0.0409. The molecule has 32 heavy (non-hydrogen) atoms. The molecule has 4 rings (SSSR count). The van der Waals surface area contributed by atoms with Crippen LogP contribution in [0.1, 0.15) is 47.0 Å². The third-order valence-corrected chi connectivity index (χ3v) is 5.87. The Hall–Kier alpha value is -2.90. The first-order valence-electron chi connectivity index (χ1n) is 11.0. The van der Waals surface area contributed by atoms with Crippen LogP contribution in [-0.2, 0) is 24.0 Å². The number of carbonyl (C=O) groups excluding carboxylic acids is 1. The van der Waals surface area contributed by atoms with Crippen LogP contribution in [-0.4, -0.2) is 40.7 Å². The maximum atomic E-state index is 12.0. The number of benzene rings is 1. The van der Waals surface area contributed by atoms with Crippen molar-refractivity contribution in [1.82, 2.24) is 25.6 Å². The van der Waals surface area contributed by atoms with Gasteiger partial charge in [0.1, 0.15) is 0 Å². The molecular weight excluding hydrogens is 426 g/mol. The lowest BCUT2D eigenvalue weighted by atomic mass is 9.98. The molecule has 0 spiro atoms. The van der Waals surface area contributed by atoms with Crippen molar-refractivity contribution in [3.05, 3.63) is 82.2 Å². The summed E-state index contributed by atoms with van der Waals surface area (Å²) in [5, 5.41) is 7.12. The van der Waals surface area contributed by atoms with E-state index in [2.05, 4.69) is 37.7 Å². The van der Waals surface area contributed by atoms with Gasteiger partial charge in [0.15, 0.2) is 0 Å². The van der Waals surface area contributed by atoms with Crippen LogP contribution in [0.2, 0.25) is 5.02 Å². The molecule has 2 heterocycles. The third-order valence-electron chi connectivity index (χ3n) is 5.64. The number of alkyl carbamates (subject to hydrolysis) is 1. The van der Waals surface area contributed by atoms with E-state index in [0.29, 0.717) is 19.7 Å². The van der Waals surface area contributed by atoms with Crippen LogP contribution >= 0.6 is 11.6 Å². The molecule has 1 aromatic carbocycles. The van der Waals surface area contributed by atoms with Gasteiger partial charge in [0.05, 0.1) is 30.4 Å². The minimum atomic E-state index is -0.391. The van der Waals surface area contributed by atoms with Crippen molar-refractivity contribution in [2.45, 2.75) is 38.1 Å². The predicted octanol–water partition coefficient (Wildman–Crippen LogP) is 3.98. The van der Waals surface area contributed by atoms with Crippen LogP contribution in [0.15, 0.2) is 49.1 Å². The average Bonchev–Trinajstić information content (AvgIpc) is 3.27. The first-order valence-corrected chi connectivity index (χ1v) is 11.4. The SMILES string of the molecule is O=C(NCCNC1c2ccc(Cl)cc2CCc2cccnc21)OCCCCc1c[nH]cn1. The summed E-state index contributed by atoms with van der Waals surface area (Å²) in [5.74, 6) is 0. The largest absolute Gasteiger partial charge is 0.450 e. The summed E-state index contributed by atoms with van der Waals surface area (Å²) >= 11 is 6.24. The molecule has 1 unspecified atom stereocenters. The fourth-order valence-corrected chi connectivity index (χ4v) is 4.25. The van der Waals surface area contributed by atoms with Gasteiger partial charge in [0.2, 0.25) is 0 Å². The normalized spacial score (nSPS) is 14.8. The van der Waals surface area contributed by atoms with E-state index in [1.807, 2.05) is 30.6 Å². The standard InChI is InChI=1S/C24H28ClN5O2/c25-19-8-9-21-18(14-19)7-6-17-4-3-10-27-22(17)23(21)28-11-12-29-24(31)32-13-2-1-5-20-15-26-16-30-20/h3-4,8-10,14-16,23,28H,1-2,5-7,11-13H2,(H,26,30)(H,29,31). The topological polar surface area (TPSA) is 91.9 Å². The van der Waals surface area contributed by atoms with Crippen molar-refractivity contribution >= 4 is 17.7 Å². The van der Waals surface area contributed by atoms with Crippen molar-refractivity contribution in [2.75, 3.05) is 19.7 Å². The first kappa shape index (κ1) is 22.3. The Morgan fingerprint density at radius 3 is 2.94 bits per heavy atom. The zero-order valence-corrected chi connectivity index (χ0v) is 18.7. The van der Waals surface area contributed by atoms with Gasteiger partial charge in [0, 0.05) is 30.5 Å². The first-order chi connectivity index (χ1) is 15.7. The molecule has 1 aliphatic rings. The van der Waals surface area contributed by atoms with Gasteiger partial charge in [-0.25, -0.2) is 9.78 Å². The number of nitrogens with one attached hydrogen (secondary N) is 3. The number of aryl methyl sites for hydroxylation is 3. The van der Waals surface area contributed by atoms with E-state index in [9.17, 15) is 4.79 Å². The number of fused-ring (bicyclic) bond motifs is 2. The fraction of sp³-hybridized carbons (Fsp3) is 0.375. The summed E-state index contributed by atoms with van der Waals surface area (Å²) in [6.07, 6.45) is 9.47. The Labute approximate surface area is 193 Å². The van der Waals surface area contributed by atoms with E-state index in [0.717, 1.165) is 48.5 Å². The number of ether oxygens (including phenoxy) is 1. The van der Waals surface area contributed by atoms with Crippen LogP contribution in [0, 0.1) is 0 Å². The molecule has 0 radical (unpaired) electrons. The van der Waals surface area contributed by atoms with Crippen molar-refractivity contribution in [3.8, 4) is 0 Å². The van der Waals surface area contributed by atoms with E-state index in [4.69, 9.17) is 16.3 Å². The number of rotatable bonds is 9. The van der Waals surface area contributed by atoms with Crippen molar-refractivity contribution in [1.29, 1.82) is 0 Å². The van der Waals surface area contributed by atoms with E-state index in [1.165, 1.54) is 16.7 Å². The number of H-pyrrole nitrogens is 1. The number of unbranched alkanes of at least 4 members (excludes halogenated alkanes) is 1. The number of hydrogen-bond acceptors (Lipinski definition) is 5. The molecule has 3 aromatic rings. The molecule has 1 aliphatic carbocycles. The van der Waals surface area contributed by atoms with E-state index < -0.39 is 6.09 Å². The lowest BCUT2D eigenvalue weighted by Crippen LogP contribution is -2.35. The maximum Gasteiger partial charge on any atom is 0.407 e. The van der Waals surface area contributed by atoms with Gasteiger partial charge in [-0.05, 0) is 67.0 Å². The number of pyridine rings is 1. The number of nitrogens with zero attached hydrogens (tertiary/aromatic N) is 2. The van der Waals surface area contributed by atoms with Gasteiger partial charge in [-0.3, -0.25) is 4.98 Å². The number of imidazole rings is 1. The molecule has 0 aliphatic heterocycles. The molecule has 3 N–H and O–H groups in total. The number of amides is 1. The Kier molecular flexibility index (Phi) is 7.74. The highest BCUT2D eigenvalue weighted by Crippen LogP contribution is 2.32. The minimum Gasteiger partial charge on any atom is -0.450 e. The smallest absolute Gasteiger partial charge is 0.407 e. The molecular formula is C24H28ClN5O2. The predicted molar refractivity (Wildman–Crippen MR) is 124 cm³/mol. The summed E-state index contributed by atoms with van der Waals surface area (Å²) in [5.41, 5.74) is 5.72. The van der Waals surface area contributed by atoms with Gasteiger partial charge in [-0.2, -0.15) is 0 Å². The van der Waals surface area contributed by atoms with Crippen molar-refractivity contribution in [3.63, 3.8) is 0 Å². The number of hydrogen-bond donors (Lipinski definition) is 3. The molecule has 0 saturated heterocycles. The maximum absolute atomic E-state index is 12.0. The van der Waals surface area contributed by atoms with Crippen LogP contribution in [0.3, 0.4) is 0 Å². The number of aromatic nitrogens is 3. The van der Waals surface area contributed by atoms with Crippen LogP contribution in [0.5, 0.6) is 0 Å². The molecule has 1 atom stereocenters. The highest BCUT2D eigenvalue weighted by molar-refractivity contribution is 6.30. The van der Waals surface area contributed by atoms with E-state index in [-0.39, 0.29) is 6.04 Å². The number of aromatic amines is 1. The fourth-order valence-electron chi connectivity index (χ4n) is 4.05. The molecule has 0 saturated carbocycles. The van der Waals surface area contributed by atoms with Gasteiger partial charge in [-0.1, -0.05) is 23.7 Å². The zero-order valence-electron chi connectivity index (χ0n) is 17.9. The lowest BCUT2D eigenvalue weighted by molar-refractivity contribution is 0.144. The molecule has 8 heteroatoms. The van der Waals surface area contributed by atoms with Gasteiger partial charge in [0.25, 0.3) is 0 Å². The Morgan fingerprint density at radius 2 is 2.06 bits per heavy atom. The second-order valence-corrected chi connectivity index (χ2v) is 8.29. The quantitative estimate of drug-likeness (QED) is 0.426. The third kappa shape index (κ3) is 5.87. The lowest BCUT2D eigenvalue weighted by Gasteiger charge is -2.21. The van der Waals surface area contributed by atoms with Crippen LogP contribution in [0.25, 0.3) is 0 Å². The average molecular weight is 454 g/mol. The Bertz CT molecular complexity index is 1020. The second-order valence-electron chi connectivity index (χ2n) is 7.86. The van der Waals surface area contributed by atoms with Crippen molar-refractivity contribution in [2.24, 2.45) is 0 Å². The summed E-state index contributed by atoms with van der Waals surface area (Å²) in [6.45, 7) is 1.46. The molecule has 2 aromatic heterocycles. The van der Waals surface area contributed by atoms with Gasteiger partial charge >= 0.3 is 6.09 Å². The summed E-state index contributed by atoms with van der Waals surface area (Å²) < 4.78 is 5.27. The summed E-state index contributed by atoms with van der Waals surface area (Å²) in [4.78, 5) is 23.7. The van der Waals surface area contributed by atoms with E-state index in [1.54, 1.807) is 6.33 Å². The second kappa shape index (κ2) is 11.1. The van der Waals surface area contributed by atoms with Gasteiger partial charge < -0.3 is 20.4 Å². The summed E-state index contributed by atoms with van der Waals surface area (Å²) in [6, 6.07) is 10.1. The van der Waals surface area contributed by atoms with Crippen LogP contribution < -0.4 is 10.6 Å².